The Morgan fingerprint density at radius 1 is 0.529 bits per heavy atom. The average Bonchev–Trinajstić information content (AvgIpc) is 1.68. The number of halogens is 3. The van der Waals surface area contributed by atoms with Gasteiger partial charge < -0.3 is 36.4 Å². The molecule has 6 aromatic carbocycles. The van der Waals surface area contributed by atoms with E-state index in [1.807, 2.05) is 0 Å². The van der Waals surface area contributed by atoms with E-state index in [9.17, 15) is 52.2 Å². The second-order valence-electron chi connectivity index (χ2n) is 26.5. The lowest BCUT2D eigenvalue weighted by Crippen LogP contribution is -2.50. The zero-order chi connectivity index (χ0) is 87.3. The minimum atomic E-state index is -1.33. The molecule has 538 valence electrons. The molecule has 12 rings (SSSR count). The number of hydrogen-bond donors (Lipinski definition) is 5. The molecule has 102 heavy (non-hydrogen) atoms. The third-order valence-corrected chi connectivity index (χ3v) is 16.8. The van der Waals surface area contributed by atoms with Gasteiger partial charge in [-0.2, -0.15) is 0 Å². The fourth-order valence-electron chi connectivity index (χ4n) is 11.7. The summed E-state index contributed by atoms with van der Waals surface area (Å²) >= 11 is 0. The van der Waals surface area contributed by atoms with Gasteiger partial charge in [0.15, 0.2) is 0 Å². The van der Waals surface area contributed by atoms with E-state index in [0.717, 1.165) is 67.9 Å². The number of nitrogens with zero attached hydrogens (tertiary/aromatic N) is 5. The quantitative estimate of drug-likeness (QED) is 0.0569. The number of aromatic carboxylic acids is 1. The fraction of sp³-hybridized carbons (Fsp3) is 0.367. The van der Waals surface area contributed by atoms with Gasteiger partial charge in [-0.05, 0) is 174 Å². The summed E-state index contributed by atoms with van der Waals surface area (Å²) in [4.78, 5) is 104. The Bertz CT molecular complexity index is 5640. The highest BCUT2D eigenvalue weighted by atomic mass is 19.1. The Morgan fingerprint density at radius 3 is 1.20 bits per heavy atom. The zero-order valence-electron chi connectivity index (χ0n) is 73.5. The summed E-state index contributed by atoms with van der Waals surface area (Å²) in [5.74, 6) is -5.23. The van der Waals surface area contributed by atoms with E-state index >= 15 is 4.39 Å². The van der Waals surface area contributed by atoms with Crippen molar-refractivity contribution in [2.45, 2.75) is 151 Å². The number of ether oxygens (including phenoxy) is 2. The molecule has 23 heteroatoms. The number of amides is 4. The highest BCUT2D eigenvalue weighted by Gasteiger charge is 2.38. The molecule has 0 radical (unpaired) electrons. The number of hydrogen-bond acceptors (Lipinski definition) is 12. The molecule has 0 saturated heterocycles. The van der Waals surface area contributed by atoms with Gasteiger partial charge in [0.1, 0.15) is 28.7 Å². The van der Waals surface area contributed by atoms with Crippen molar-refractivity contribution >= 4 is 62.3 Å². The smallest absolute Gasteiger partial charge is 0.429 e. The zero-order valence-corrected chi connectivity index (χ0v) is 58.5. The van der Waals surface area contributed by atoms with Crippen LogP contribution in [0.3, 0.4) is 0 Å². The number of aromatic nitrogens is 3. The third kappa shape index (κ3) is 17.2. The topological polar surface area (TPSA) is 259 Å². The van der Waals surface area contributed by atoms with Crippen molar-refractivity contribution in [2.24, 2.45) is 23.5 Å². The maximum absolute atomic E-state index is 15.2. The van der Waals surface area contributed by atoms with Gasteiger partial charge in [-0.25, -0.2) is 51.6 Å². The molecule has 3 aliphatic carbocycles. The van der Waals surface area contributed by atoms with Crippen LogP contribution in [0.15, 0.2) is 160 Å². The highest BCUT2D eigenvalue weighted by molar-refractivity contribution is 6.09. The van der Waals surface area contributed by atoms with E-state index in [1.54, 1.807) is 69.2 Å². The van der Waals surface area contributed by atoms with Crippen LogP contribution in [0.5, 0.6) is 0 Å². The van der Waals surface area contributed by atoms with Gasteiger partial charge in [-0.1, -0.05) is 127 Å². The summed E-state index contributed by atoms with van der Waals surface area (Å²) in [7, 11) is 0. The van der Waals surface area contributed by atoms with E-state index < -0.39 is 153 Å². The van der Waals surface area contributed by atoms with Crippen LogP contribution in [0.25, 0.3) is 32.3 Å². The number of nitrogens with two attached hydrogens (primary N) is 1. The molecule has 3 aliphatic rings. The van der Waals surface area contributed by atoms with E-state index in [1.165, 1.54) is 50.2 Å². The predicted octanol–water partition coefficient (Wildman–Crippen LogP) is 14.3. The van der Waals surface area contributed by atoms with Gasteiger partial charge >= 0.3 is 18.2 Å². The molecule has 3 fully saturated rings. The van der Waals surface area contributed by atoms with Crippen molar-refractivity contribution in [1.82, 2.24) is 24.7 Å². The summed E-state index contributed by atoms with van der Waals surface area (Å²) in [6.45, 7) is 19.7. The van der Waals surface area contributed by atoms with Crippen molar-refractivity contribution in [3.05, 3.63) is 244 Å². The summed E-state index contributed by atoms with van der Waals surface area (Å²) in [5, 5.41) is 16.3. The highest BCUT2D eigenvalue weighted by Crippen LogP contribution is 2.43. The Morgan fingerprint density at radius 2 is 0.863 bits per heavy atom. The number of carbonyl (C=O) groups excluding carboxylic acids is 4. The molecule has 0 aliphatic heterocycles. The standard InChI is InChI=1S/C28H32FN3O4.C23H24FN3O2.C18H21FN2O5.C10H13N/c1-6-31(27(35)36-28(3,4)5)32-17(2)22(20-13-10-14-21(29)23(20)26(32)34)25(33)30-24(19-15-16-19)18-11-8-7-9-12-18;1-3-25-27-14(2)19(17-10-7-11-18(24)20(17)23(27)29)22(28)26-21(16-12-13-16)15-8-5-4-6-9-15;1-6-20(17(25)26-18(3,4)5)21-10(2)13(16(23)24)11-8-7-9-12(19)14(11)15(21)22;11-10(9-6-7-9)8-4-2-1-3-5-8/h7-14,19,24H,6,15-16H2,1-5H3,(H,30,33);4-11,16,21,25H,3,12-13H2,1-2H3,(H,26,28);7-9H,6H2,1-5H3,(H,23,24);1-5,9-10H,6-7,11H2/t24-;21-;;10-/m11.1/s1/i7D,8D,9D,11D,12D;4D,5D,6D,8D,9D;;1D,2D,3D,4D,5D. The van der Waals surface area contributed by atoms with Crippen LogP contribution in [-0.2, 0) is 9.47 Å². The molecular weight excluding hydrogens is 1310 g/mol. The molecule has 0 spiro atoms. The average molecular weight is 1410 g/mol. The first-order valence-corrected chi connectivity index (χ1v) is 33.2. The maximum atomic E-state index is 15.2. The Kier molecular flexibility index (Phi) is 17.9. The summed E-state index contributed by atoms with van der Waals surface area (Å²) < 4.78 is 177. The minimum Gasteiger partial charge on any atom is -0.478 e. The van der Waals surface area contributed by atoms with E-state index in [0.29, 0.717) is 19.4 Å². The Hall–Kier alpha value is -10.6. The number of nitrogens with one attached hydrogen (secondary N) is 3. The minimum absolute atomic E-state index is 0.00769. The first-order valence-electron chi connectivity index (χ1n) is 40.7. The van der Waals surface area contributed by atoms with Gasteiger partial charge in [-0.3, -0.25) is 24.0 Å². The molecule has 3 aromatic heterocycles. The molecule has 3 atom stereocenters. The number of pyridine rings is 3. The second-order valence-corrected chi connectivity index (χ2v) is 26.5. The first-order chi connectivity index (χ1) is 54.6. The van der Waals surface area contributed by atoms with Gasteiger partial charge in [0.05, 0.1) is 82.6 Å². The van der Waals surface area contributed by atoms with Crippen molar-refractivity contribution < 1.29 is 72.3 Å². The van der Waals surface area contributed by atoms with E-state index in [-0.39, 0.29) is 145 Å². The molecule has 0 bridgehead atoms. The van der Waals surface area contributed by atoms with Crippen molar-refractivity contribution in [3.63, 3.8) is 0 Å². The normalized spacial score (nSPS) is 16.3. The van der Waals surface area contributed by atoms with E-state index in [2.05, 4.69) is 16.1 Å². The number of carbonyl (C=O) groups is 5. The number of fused-ring (bicyclic) bond motifs is 3. The SMILES string of the molecule is CCN(C(=O)OC(C)(C)C)n1c(C)c(C(=O)O)c2cccc(F)c2c1=O.[2H]c1c([2H])c([2H])c([C@@H](N)C2CC2)c([2H])c1[2H].[2H]c1c([2H])c([2H])c([C@@H](NC(=O)c2c(C)n(N(CC)C(=O)OC(C)(C)C)c(=O)c3c(F)cccc23)C2CC2)c([2H])c1[2H].[2H]c1c([2H])c([2H])c([C@@H](NC(=O)c2c(C)n(NCC)c(=O)c3c(F)cccc23)C2CC2)c([2H])c1[2H]. The fourth-order valence-corrected chi connectivity index (χ4v) is 11.7. The molecule has 20 nitrogen and oxygen atoms in total. The molecule has 3 saturated carbocycles. The van der Waals surface area contributed by atoms with Gasteiger partial charge in [0.2, 0.25) is 0 Å². The molecule has 4 amide bonds. The first kappa shape index (κ1) is 57.1. The van der Waals surface area contributed by atoms with Crippen molar-refractivity contribution in [3.8, 4) is 0 Å². The lowest BCUT2D eigenvalue weighted by atomic mass is 9.99. The van der Waals surface area contributed by atoms with Crippen LogP contribution in [0.2, 0.25) is 0 Å². The second kappa shape index (κ2) is 32.0. The molecule has 0 unspecified atom stereocenters. The number of carboxylic acids is 1. The maximum Gasteiger partial charge on any atom is 0.429 e. The third-order valence-electron chi connectivity index (χ3n) is 16.8. The van der Waals surface area contributed by atoms with Crippen molar-refractivity contribution in [2.75, 3.05) is 35.1 Å². The van der Waals surface area contributed by atoms with Crippen LogP contribution in [0, 0.1) is 56.0 Å². The van der Waals surface area contributed by atoms with Crippen LogP contribution >= 0.6 is 0 Å². The Balaban J connectivity index is 0.000000186. The van der Waals surface area contributed by atoms with E-state index in [4.69, 9.17) is 35.8 Å². The van der Waals surface area contributed by atoms with Gasteiger partial charge in [-0.15, -0.1) is 0 Å². The molecular formula is C79H90F3N9O11. The summed E-state index contributed by atoms with van der Waals surface area (Å²) in [6, 6.07) is 3.59. The number of carboxylic acid groups (broad SMARTS) is 1. The molecule has 6 N–H and O–H groups in total. The van der Waals surface area contributed by atoms with Crippen LogP contribution in [0.4, 0.5) is 22.8 Å². The molecule has 3 heterocycles. The van der Waals surface area contributed by atoms with Crippen molar-refractivity contribution in [1.29, 1.82) is 0 Å². The molecule has 9 aromatic rings. The lowest BCUT2D eigenvalue weighted by molar-refractivity contribution is 0.0527. The van der Waals surface area contributed by atoms with Crippen LogP contribution in [-0.4, -0.2) is 79.9 Å². The number of benzene rings is 6. The Labute approximate surface area is 611 Å². The summed E-state index contributed by atoms with van der Waals surface area (Å²) in [5.41, 5.74) is 5.04. The van der Waals surface area contributed by atoms with Gasteiger partial charge in [0.25, 0.3) is 28.5 Å². The van der Waals surface area contributed by atoms with Crippen LogP contribution < -0.4 is 48.5 Å². The van der Waals surface area contributed by atoms with Crippen LogP contribution in [0.1, 0.15) is 204 Å². The largest absolute Gasteiger partial charge is 0.478 e. The predicted molar refractivity (Wildman–Crippen MR) is 390 cm³/mol. The monoisotopic (exact) mass is 1410 g/mol. The number of rotatable bonds is 17. The van der Waals surface area contributed by atoms with Gasteiger partial charge in [0, 0.05) is 41.8 Å². The summed E-state index contributed by atoms with van der Waals surface area (Å²) in [6.07, 6.45) is 3.00. The lowest BCUT2D eigenvalue weighted by Gasteiger charge is -2.30.